The molecule has 1 aromatic carbocycles. The van der Waals surface area contributed by atoms with Crippen LogP contribution in [0.2, 0.25) is 0 Å². The van der Waals surface area contributed by atoms with E-state index in [1.807, 2.05) is 37.4 Å². The summed E-state index contributed by atoms with van der Waals surface area (Å²) in [5.41, 5.74) is 0.871. The highest BCUT2D eigenvalue weighted by atomic mass is 16.4. The van der Waals surface area contributed by atoms with E-state index in [0.717, 1.165) is 5.56 Å². The summed E-state index contributed by atoms with van der Waals surface area (Å²) in [5.74, 6) is -1.16. The number of benzene rings is 1. The lowest BCUT2D eigenvalue weighted by Crippen LogP contribution is -2.18. The van der Waals surface area contributed by atoms with Gasteiger partial charge in [-0.15, -0.1) is 0 Å². The molecule has 0 saturated heterocycles. The number of hydrogen-bond donors (Lipinski definition) is 2. The summed E-state index contributed by atoms with van der Waals surface area (Å²) in [6, 6.07) is 9.33. The molecule has 0 amide bonds. The van der Waals surface area contributed by atoms with E-state index in [4.69, 9.17) is 5.11 Å². The van der Waals surface area contributed by atoms with Crippen LogP contribution in [0.3, 0.4) is 0 Å². The molecule has 14 heavy (non-hydrogen) atoms. The summed E-state index contributed by atoms with van der Waals surface area (Å²) < 4.78 is 0. The van der Waals surface area contributed by atoms with E-state index in [1.54, 1.807) is 0 Å². The second-order valence-corrected chi connectivity index (χ2v) is 3.19. The normalized spacial score (nSPS) is 12.4. The van der Waals surface area contributed by atoms with Crippen LogP contribution in [0.15, 0.2) is 30.3 Å². The molecule has 3 heteroatoms. The average molecular weight is 193 g/mol. The minimum absolute atomic E-state index is 0.399. The van der Waals surface area contributed by atoms with Crippen molar-refractivity contribution in [3.05, 3.63) is 35.9 Å². The van der Waals surface area contributed by atoms with Crippen LogP contribution in [0, 0.1) is 0 Å². The Balaban J connectivity index is 2.73. The molecule has 76 valence electrons. The van der Waals surface area contributed by atoms with Gasteiger partial charge in [-0.25, -0.2) is 0 Å². The number of carbonyl (C=O) groups is 1. The Kier molecular flexibility index (Phi) is 4.13. The molecule has 2 N–H and O–H groups in total. The van der Waals surface area contributed by atoms with Crippen molar-refractivity contribution >= 4 is 5.97 Å². The molecular formula is C11H15NO2. The first kappa shape index (κ1) is 10.7. The Morgan fingerprint density at radius 2 is 2.07 bits per heavy atom. The molecule has 0 radical (unpaired) electrons. The van der Waals surface area contributed by atoms with Gasteiger partial charge in [-0.2, -0.15) is 0 Å². The zero-order valence-electron chi connectivity index (χ0n) is 8.23. The van der Waals surface area contributed by atoms with Gasteiger partial charge in [0.2, 0.25) is 0 Å². The molecule has 1 aromatic rings. The van der Waals surface area contributed by atoms with Crippen LogP contribution in [0.1, 0.15) is 17.9 Å². The van der Waals surface area contributed by atoms with Crippen molar-refractivity contribution in [2.45, 2.75) is 12.3 Å². The zero-order valence-corrected chi connectivity index (χ0v) is 8.23. The first-order valence-corrected chi connectivity index (χ1v) is 4.68. The molecule has 1 unspecified atom stereocenters. The van der Waals surface area contributed by atoms with E-state index in [0.29, 0.717) is 13.0 Å². The number of nitrogens with one attached hydrogen (secondary N) is 1. The maximum Gasteiger partial charge on any atom is 0.311 e. The second-order valence-electron chi connectivity index (χ2n) is 3.19. The monoisotopic (exact) mass is 193 g/mol. The first-order chi connectivity index (χ1) is 6.75. The van der Waals surface area contributed by atoms with Gasteiger partial charge in [0.05, 0.1) is 5.92 Å². The Hall–Kier alpha value is -1.35. The number of carboxylic acid groups (broad SMARTS) is 1. The van der Waals surface area contributed by atoms with Crippen LogP contribution in [0.5, 0.6) is 0 Å². The SMILES string of the molecule is CNCCC(C(=O)O)c1ccccc1. The molecule has 0 saturated carbocycles. The van der Waals surface area contributed by atoms with Crippen molar-refractivity contribution in [1.29, 1.82) is 0 Å². The Morgan fingerprint density at radius 3 is 2.57 bits per heavy atom. The Morgan fingerprint density at radius 1 is 1.43 bits per heavy atom. The van der Waals surface area contributed by atoms with E-state index < -0.39 is 11.9 Å². The van der Waals surface area contributed by atoms with Crippen LogP contribution in [0.4, 0.5) is 0 Å². The summed E-state index contributed by atoms with van der Waals surface area (Å²) in [4.78, 5) is 11.0. The Labute approximate surface area is 83.8 Å². The molecule has 0 aliphatic rings. The fourth-order valence-electron chi connectivity index (χ4n) is 1.41. The lowest BCUT2D eigenvalue weighted by molar-refractivity contribution is -0.138. The van der Waals surface area contributed by atoms with Gasteiger partial charge in [0.1, 0.15) is 0 Å². The fourth-order valence-corrected chi connectivity index (χ4v) is 1.41. The van der Waals surface area contributed by atoms with E-state index in [2.05, 4.69) is 5.32 Å². The summed E-state index contributed by atoms with van der Waals surface area (Å²) in [6.45, 7) is 0.714. The van der Waals surface area contributed by atoms with Gasteiger partial charge in [0.25, 0.3) is 0 Å². The fraction of sp³-hybridized carbons (Fsp3) is 0.364. The lowest BCUT2D eigenvalue weighted by Gasteiger charge is -2.11. The Bertz CT molecular complexity index is 285. The van der Waals surface area contributed by atoms with Crippen LogP contribution < -0.4 is 5.32 Å². The number of hydrogen-bond acceptors (Lipinski definition) is 2. The van der Waals surface area contributed by atoms with E-state index in [1.165, 1.54) is 0 Å². The van der Waals surface area contributed by atoms with E-state index in [9.17, 15) is 4.79 Å². The minimum atomic E-state index is -0.758. The molecule has 0 heterocycles. The highest BCUT2D eigenvalue weighted by Gasteiger charge is 2.18. The second kappa shape index (κ2) is 5.40. The number of carboxylic acids is 1. The molecule has 0 bridgehead atoms. The van der Waals surface area contributed by atoms with Crippen molar-refractivity contribution in [1.82, 2.24) is 5.32 Å². The predicted octanol–water partition coefficient (Wildman–Crippen LogP) is 1.46. The van der Waals surface area contributed by atoms with Gasteiger partial charge in [0.15, 0.2) is 0 Å². The summed E-state index contributed by atoms with van der Waals surface area (Å²) in [5, 5.41) is 12.0. The van der Waals surface area contributed by atoms with Crippen molar-refractivity contribution < 1.29 is 9.90 Å². The molecule has 1 rings (SSSR count). The highest BCUT2D eigenvalue weighted by molar-refractivity contribution is 5.76. The molecule has 0 fully saturated rings. The maximum atomic E-state index is 11.0. The summed E-state index contributed by atoms with van der Waals surface area (Å²) in [7, 11) is 1.82. The van der Waals surface area contributed by atoms with Crippen molar-refractivity contribution in [3.8, 4) is 0 Å². The molecule has 3 nitrogen and oxygen atoms in total. The van der Waals surface area contributed by atoms with Crippen LogP contribution in [0.25, 0.3) is 0 Å². The average Bonchev–Trinajstić information content (AvgIpc) is 2.19. The molecule has 0 aliphatic carbocycles. The van der Waals surface area contributed by atoms with Crippen molar-refractivity contribution in [3.63, 3.8) is 0 Å². The van der Waals surface area contributed by atoms with Gasteiger partial charge in [-0.05, 0) is 25.6 Å². The van der Waals surface area contributed by atoms with Crippen LogP contribution in [-0.4, -0.2) is 24.7 Å². The summed E-state index contributed by atoms with van der Waals surface area (Å²) in [6.07, 6.45) is 0.621. The number of aliphatic carboxylic acids is 1. The van der Waals surface area contributed by atoms with Gasteiger partial charge < -0.3 is 10.4 Å². The molecule has 0 spiro atoms. The minimum Gasteiger partial charge on any atom is -0.481 e. The van der Waals surface area contributed by atoms with E-state index >= 15 is 0 Å². The third-order valence-corrected chi connectivity index (χ3v) is 2.18. The van der Waals surface area contributed by atoms with Crippen LogP contribution >= 0.6 is 0 Å². The van der Waals surface area contributed by atoms with Gasteiger partial charge in [-0.3, -0.25) is 4.79 Å². The van der Waals surface area contributed by atoms with Gasteiger partial charge >= 0.3 is 5.97 Å². The molecular weight excluding hydrogens is 178 g/mol. The van der Waals surface area contributed by atoms with Gasteiger partial charge in [0, 0.05) is 0 Å². The van der Waals surface area contributed by atoms with Crippen LogP contribution in [-0.2, 0) is 4.79 Å². The zero-order chi connectivity index (χ0) is 10.4. The predicted molar refractivity (Wildman–Crippen MR) is 55.4 cm³/mol. The molecule has 0 aliphatic heterocycles. The highest BCUT2D eigenvalue weighted by Crippen LogP contribution is 2.18. The summed E-state index contributed by atoms with van der Waals surface area (Å²) >= 11 is 0. The van der Waals surface area contributed by atoms with Crippen molar-refractivity contribution in [2.75, 3.05) is 13.6 Å². The van der Waals surface area contributed by atoms with E-state index in [-0.39, 0.29) is 0 Å². The standard InChI is InChI=1S/C11H15NO2/c1-12-8-7-10(11(13)14)9-5-3-2-4-6-9/h2-6,10,12H,7-8H2,1H3,(H,13,14). The first-order valence-electron chi connectivity index (χ1n) is 4.68. The number of rotatable bonds is 5. The smallest absolute Gasteiger partial charge is 0.311 e. The maximum absolute atomic E-state index is 11.0. The molecule has 0 aromatic heterocycles. The van der Waals surface area contributed by atoms with Crippen molar-refractivity contribution in [2.24, 2.45) is 0 Å². The quantitative estimate of drug-likeness (QED) is 0.744. The topological polar surface area (TPSA) is 49.3 Å². The third kappa shape index (κ3) is 2.85. The largest absolute Gasteiger partial charge is 0.481 e. The van der Waals surface area contributed by atoms with Gasteiger partial charge in [-0.1, -0.05) is 30.3 Å². The third-order valence-electron chi connectivity index (χ3n) is 2.18. The lowest BCUT2D eigenvalue weighted by atomic mass is 9.96. The molecule has 1 atom stereocenters.